The van der Waals surface area contributed by atoms with Crippen LogP contribution in [0.4, 0.5) is 4.79 Å². The molecule has 1 aliphatic heterocycles. The summed E-state index contributed by atoms with van der Waals surface area (Å²) in [5.74, 6) is -2.25. The van der Waals surface area contributed by atoms with E-state index in [9.17, 15) is 22.8 Å². The van der Waals surface area contributed by atoms with Crippen molar-refractivity contribution in [2.24, 2.45) is 0 Å². The highest BCUT2D eigenvalue weighted by molar-refractivity contribution is 7.91. The second-order valence-electron chi connectivity index (χ2n) is 4.09. The maximum Gasteiger partial charge on any atom is 0.328 e. The number of hydrogen-bond donors (Lipinski definition) is 3. The molecule has 3 N–H and O–H groups in total. The van der Waals surface area contributed by atoms with Gasteiger partial charge in [0.25, 0.3) is 5.91 Å². The van der Waals surface area contributed by atoms with E-state index in [4.69, 9.17) is 5.11 Å². The average molecular weight is 290 g/mol. The first-order chi connectivity index (χ1) is 8.78. The minimum Gasteiger partial charge on any atom is -0.478 e. The molecule has 0 spiro atoms. The van der Waals surface area contributed by atoms with Gasteiger partial charge in [-0.15, -0.1) is 0 Å². The van der Waals surface area contributed by atoms with Crippen molar-refractivity contribution in [1.82, 2.24) is 10.6 Å². The van der Waals surface area contributed by atoms with Gasteiger partial charge in [0, 0.05) is 18.2 Å². The van der Waals surface area contributed by atoms with Gasteiger partial charge in [0.1, 0.15) is 0 Å². The van der Waals surface area contributed by atoms with E-state index >= 15 is 0 Å². The molecule has 0 aromatic rings. The van der Waals surface area contributed by atoms with Crippen LogP contribution in [0.5, 0.6) is 0 Å². The van der Waals surface area contributed by atoms with Gasteiger partial charge in [-0.3, -0.25) is 10.1 Å². The first kappa shape index (κ1) is 15.2. The van der Waals surface area contributed by atoms with Crippen LogP contribution in [0.1, 0.15) is 12.8 Å². The number of urea groups is 1. The highest BCUT2D eigenvalue weighted by Gasteiger charge is 2.25. The topological polar surface area (TPSA) is 130 Å². The predicted octanol–water partition coefficient (Wildman–Crippen LogP) is -0.970. The van der Waals surface area contributed by atoms with Crippen molar-refractivity contribution < 1.29 is 27.9 Å². The molecule has 1 fully saturated rings. The van der Waals surface area contributed by atoms with Gasteiger partial charge < -0.3 is 10.4 Å². The molecule has 1 atom stereocenters. The molecule has 0 radical (unpaired) electrons. The van der Waals surface area contributed by atoms with Crippen molar-refractivity contribution in [2.45, 2.75) is 18.9 Å². The summed E-state index contributed by atoms with van der Waals surface area (Å²) in [6.45, 7) is 0. The van der Waals surface area contributed by atoms with Crippen LogP contribution in [-0.4, -0.2) is 49.0 Å². The molecule has 1 saturated heterocycles. The lowest BCUT2D eigenvalue weighted by molar-refractivity contribution is -0.131. The van der Waals surface area contributed by atoms with E-state index < -0.39 is 33.8 Å². The molecule has 0 aromatic heterocycles. The first-order valence-corrected chi connectivity index (χ1v) is 7.33. The van der Waals surface area contributed by atoms with Crippen LogP contribution in [0.25, 0.3) is 0 Å². The second kappa shape index (κ2) is 6.32. The third-order valence-corrected chi connectivity index (χ3v) is 4.23. The summed E-state index contributed by atoms with van der Waals surface area (Å²) in [5, 5.41) is 12.5. The molecule has 0 aromatic carbocycles. The predicted molar refractivity (Wildman–Crippen MR) is 65.1 cm³/mol. The Morgan fingerprint density at radius 2 is 1.89 bits per heavy atom. The van der Waals surface area contributed by atoms with Crippen LogP contribution < -0.4 is 10.6 Å². The molecule has 1 unspecified atom stereocenters. The lowest BCUT2D eigenvalue weighted by atomic mass is 10.2. The van der Waals surface area contributed by atoms with Gasteiger partial charge >= 0.3 is 12.0 Å². The Labute approximate surface area is 109 Å². The van der Waals surface area contributed by atoms with Crippen LogP contribution >= 0.6 is 0 Å². The molecule has 3 amide bonds. The quantitative estimate of drug-likeness (QED) is 0.573. The van der Waals surface area contributed by atoms with Gasteiger partial charge in [0.15, 0.2) is 9.84 Å². The molecule has 8 nitrogen and oxygen atoms in total. The van der Waals surface area contributed by atoms with Gasteiger partial charge in [-0.2, -0.15) is 0 Å². The van der Waals surface area contributed by atoms with E-state index in [1.165, 1.54) is 0 Å². The summed E-state index contributed by atoms with van der Waals surface area (Å²) in [4.78, 5) is 32.6. The number of amides is 3. The van der Waals surface area contributed by atoms with Crippen LogP contribution in [-0.2, 0) is 19.4 Å². The summed E-state index contributed by atoms with van der Waals surface area (Å²) >= 11 is 0. The third kappa shape index (κ3) is 6.00. The van der Waals surface area contributed by atoms with Crippen molar-refractivity contribution >= 4 is 27.7 Å². The normalized spacial score (nSPS) is 21.8. The molecule has 19 heavy (non-hydrogen) atoms. The molecular formula is C10H14N2O6S. The van der Waals surface area contributed by atoms with Crippen molar-refractivity contribution in [1.29, 1.82) is 0 Å². The van der Waals surface area contributed by atoms with E-state index in [1.807, 2.05) is 5.32 Å². The van der Waals surface area contributed by atoms with E-state index in [0.29, 0.717) is 25.0 Å². The number of nitrogens with one attached hydrogen (secondary N) is 2. The fourth-order valence-corrected chi connectivity index (χ4v) is 3.29. The lowest BCUT2D eigenvalue weighted by Gasteiger charge is -2.22. The molecule has 1 aliphatic rings. The molecule has 0 aliphatic carbocycles. The zero-order valence-electron chi connectivity index (χ0n) is 9.96. The van der Waals surface area contributed by atoms with Crippen molar-refractivity contribution in [2.75, 3.05) is 11.5 Å². The Hall–Kier alpha value is -1.90. The number of sulfone groups is 1. The largest absolute Gasteiger partial charge is 0.478 e. The van der Waals surface area contributed by atoms with Crippen LogP contribution in [0.3, 0.4) is 0 Å². The van der Waals surface area contributed by atoms with Crippen molar-refractivity contribution in [3.05, 3.63) is 12.2 Å². The Bertz CT molecular complexity index is 510. The molecule has 106 valence electrons. The van der Waals surface area contributed by atoms with Crippen LogP contribution in [0, 0.1) is 0 Å². The summed E-state index contributed by atoms with van der Waals surface area (Å²) in [7, 11) is -3.15. The minimum atomic E-state index is -3.15. The van der Waals surface area contributed by atoms with Gasteiger partial charge in [0.05, 0.1) is 11.5 Å². The third-order valence-electron chi connectivity index (χ3n) is 2.41. The van der Waals surface area contributed by atoms with Gasteiger partial charge in [-0.1, -0.05) is 0 Å². The second-order valence-corrected chi connectivity index (χ2v) is 6.32. The van der Waals surface area contributed by atoms with E-state index in [2.05, 4.69) is 5.32 Å². The zero-order chi connectivity index (χ0) is 14.5. The SMILES string of the molecule is O=C(O)C=CC(=O)NC(=O)NC1CCCS(=O)(=O)C1. The molecular weight excluding hydrogens is 276 g/mol. The summed E-state index contributed by atoms with van der Waals surface area (Å²) in [6, 6.07) is -1.38. The zero-order valence-corrected chi connectivity index (χ0v) is 10.8. The monoisotopic (exact) mass is 290 g/mol. The van der Waals surface area contributed by atoms with Crippen molar-refractivity contribution in [3.8, 4) is 0 Å². The highest BCUT2D eigenvalue weighted by atomic mass is 32.2. The molecule has 9 heteroatoms. The highest BCUT2D eigenvalue weighted by Crippen LogP contribution is 2.11. The number of hydrogen-bond acceptors (Lipinski definition) is 5. The number of rotatable bonds is 3. The Balaban J connectivity index is 2.43. The number of carboxylic acids is 1. The number of aliphatic carboxylic acids is 1. The Kier molecular flexibility index (Phi) is 5.04. The number of carbonyl (C=O) groups excluding carboxylic acids is 2. The van der Waals surface area contributed by atoms with E-state index in [-0.39, 0.29) is 11.5 Å². The van der Waals surface area contributed by atoms with Gasteiger partial charge in [-0.25, -0.2) is 18.0 Å². The first-order valence-electron chi connectivity index (χ1n) is 5.51. The van der Waals surface area contributed by atoms with Crippen LogP contribution in [0.2, 0.25) is 0 Å². The number of carbonyl (C=O) groups is 3. The maximum atomic E-state index is 11.4. The molecule has 1 rings (SSSR count). The summed E-state index contributed by atoms with van der Waals surface area (Å²) in [6.07, 6.45) is 2.26. The average Bonchev–Trinajstić information content (AvgIpc) is 2.24. The fourth-order valence-electron chi connectivity index (χ4n) is 1.66. The van der Waals surface area contributed by atoms with E-state index in [1.54, 1.807) is 0 Å². The summed E-state index contributed by atoms with van der Waals surface area (Å²) < 4.78 is 22.7. The van der Waals surface area contributed by atoms with Gasteiger partial charge in [-0.05, 0) is 12.8 Å². The standard InChI is InChI=1S/C10H14N2O6S/c13-8(3-4-9(14)15)12-10(16)11-7-2-1-5-19(17,18)6-7/h3-4,7H,1-2,5-6H2,(H,14,15)(H2,11,12,13,16). The van der Waals surface area contributed by atoms with E-state index in [0.717, 1.165) is 0 Å². The Morgan fingerprint density at radius 3 is 2.47 bits per heavy atom. The molecule has 0 bridgehead atoms. The lowest BCUT2D eigenvalue weighted by Crippen LogP contribution is -2.48. The molecule has 1 heterocycles. The molecule has 0 saturated carbocycles. The number of imide groups is 1. The van der Waals surface area contributed by atoms with Crippen LogP contribution in [0.15, 0.2) is 12.2 Å². The van der Waals surface area contributed by atoms with Crippen molar-refractivity contribution in [3.63, 3.8) is 0 Å². The fraction of sp³-hybridized carbons (Fsp3) is 0.500. The Morgan fingerprint density at radius 1 is 1.21 bits per heavy atom. The minimum absolute atomic E-state index is 0.104. The van der Waals surface area contributed by atoms with Gasteiger partial charge in [0.2, 0.25) is 0 Å². The number of carboxylic acid groups (broad SMARTS) is 1. The smallest absolute Gasteiger partial charge is 0.328 e. The summed E-state index contributed by atoms with van der Waals surface area (Å²) in [5.41, 5.74) is 0. The maximum absolute atomic E-state index is 11.4.